The topological polar surface area (TPSA) is 32.3 Å². The first-order valence-corrected chi connectivity index (χ1v) is 4.71. The summed E-state index contributed by atoms with van der Waals surface area (Å²) in [7, 11) is 0. The van der Waals surface area contributed by atoms with Crippen LogP contribution in [0.25, 0.3) is 0 Å². The van der Waals surface area contributed by atoms with Crippen molar-refractivity contribution in [1.29, 1.82) is 0 Å². The minimum Gasteiger partial charge on any atom is -0.338 e. The Kier molecular flexibility index (Phi) is 2.96. The molecule has 1 saturated heterocycles. The summed E-state index contributed by atoms with van der Waals surface area (Å²) in [6.07, 6.45) is 2.94. The quantitative estimate of drug-likeness (QED) is 0.661. The SMILES string of the molecule is C=CC(C)(C)CN1CCCNC1=O. The van der Waals surface area contributed by atoms with Gasteiger partial charge in [-0.05, 0) is 11.8 Å². The fourth-order valence-electron chi connectivity index (χ4n) is 1.39. The molecule has 3 heteroatoms. The predicted octanol–water partition coefficient (Wildman–Crippen LogP) is 1.61. The van der Waals surface area contributed by atoms with E-state index in [1.54, 1.807) is 0 Å². The first kappa shape index (κ1) is 10.1. The second-order valence-electron chi connectivity index (χ2n) is 4.20. The first-order valence-electron chi connectivity index (χ1n) is 4.71. The molecule has 1 N–H and O–H groups in total. The molecule has 0 spiro atoms. The number of carbonyl (C=O) groups excluding carboxylic acids is 1. The molecule has 13 heavy (non-hydrogen) atoms. The highest BCUT2D eigenvalue weighted by molar-refractivity contribution is 5.74. The molecular weight excluding hydrogens is 164 g/mol. The van der Waals surface area contributed by atoms with Gasteiger partial charge in [-0.25, -0.2) is 4.79 Å². The van der Waals surface area contributed by atoms with Gasteiger partial charge in [-0.15, -0.1) is 6.58 Å². The van der Waals surface area contributed by atoms with Crippen molar-refractivity contribution < 1.29 is 4.79 Å². The maximum Gasteiger partial charge on any atom is 0.317 e. The van der Waals surface area contributed by atoms with E-state index in [2.05, 4.69) is 25.7 Å². The van der Waals surface area contributed by atoms with Crippen LogP contribution in [0.5, 0.6) is 0 Å². The fourth-order valence-corrected chi connectivity index (χ4v) is 1.39. The Balaban J connectivity index is 2.51. The van der Waals surface area contributed by atoms with Gasteiger partial charge in [0, 0.05) is 19.6 Å². The van der Waals surface area contributed by atoms with E-state index >= 15 is 0 Å². The van der Waals surface area contributed by atoms with Crippen molar-refractivity contribution in [2.45, 2.75) is 20.3 Å². The molecule has 0 aromatic heterocycles. The van der Waals surface area contributed by atoms with E-state index in [4.69, 9.17) is 0 Å². The van der Waals surface area contributed by atoms with Crippen LogP contribution in [0.15, 0.2) is 12.7 Å². The molecule has 0 radical (unpaired) electrons. The highest BCUT2D eigenvalue weighted by Gasteiger charge is 2.23. The van der Waals surface area contributed by atoms with E-state index in [-0.39, 0.29) is 11.4 Å². The van der Waals surface area contributed by atoms with Crippen molar-refractivity contribution in [3.8, 4) is 0 Å². The third kappa shape index (κ3) is 2.76. The average molecular weight is 182 g/mol. The second kappa shape index (κ2) is 3.81. The van der Waals surface area contributed by atoms with Crippen LogP contribution in [0.3, 0.4) is 0 Å². The zero-order valence-electron chi connectivity index (χ0n) is 8.47. The molecule has 0 bridgehead atoms. The maximum absolute atomic E-state index is 11.4. The fraction of sp³-hybridized carbons (Fsp3) is 0.700. The highest BCUT2D eigenvalue weighted by Crippen LogP contribution is 2.18. The largest absolute Gasteiger partial charge is 0.338 e. The molecule has 1 fully saturated rings. The summed E-state index contributed by atoms with van der Waals surface area (Å²) in [5.74, 6) is 0. The number of nitrogens with one attached hydrogen (secondary N) is 1. The number of amides is 2. The second-order valence-corrected chi connectivity index (χ2v) is 4.20. The van der Waals surface area contributed by atoms with Crippen molar-refractivity contribution in [2.75, 3.05) is 19.6 Å². The summed E-state index contributed by atoms with van der Waals surface area (Å²) >= 11 is 0. The van der Waals surface area contributed by atoms with E-state index < -0.39 is 0 Å². The Hall–Kier alpha value is -0.990. The van der Waals surface area contributed by atoms with E-state index in [9.17, 15) is 4.79 Å². The standard InChI is InChI=1S/C10H18N2O/c1-4-10(2,3)8-12-7-5-6-11-9(12)13/h4H,1,5-8H2,2-3H3,(H,11,13). The van der Waals surface area contributed by atoms with Gasteiger partial charge in [0.15, 0.2) is 0 Å². The monoisotopic (exact) mass is 182 g/mol. The van der Waals surface area contributed by atoms with Gasteiger partial charge in [0.05, 0.1) is 0 Å². The van der Waals surface area contributed by atoms with Crippen LogP contribution in [-0.2, 0) is 0 Å². The molecule has 0 aromatic rings. The van der Waals surface area contributed by atoms with Gasteiger partial charge in [-0.3, -0.25) is 0 Å². The summed E-state index contributed by atoms with van der Waals surface area (Å²) in [4.78, 5) is 13.2. The van der Waals surface area contributed by atoms with Gasteiger partial charge in [-0.1, -0.05) is 19.9 Å². The molecule has 0 atom stereocenters. The van der Waals surface area contributed by atoms with Crippen molar-refractivity contribution in [3.63, 3.8) is 0 Å². The van der Waals surface area contributed by atoms with Crippen molar-refractivity contribution in [3.05, 3.63) is 12.7 Å². The first-order chi connectivity index (χ1) is 6.05. The molecule has 0 unspecified atom stereocenters. The van der Waals surface area contributed by atoms with Gasteiger partial charge in [0.25, 0.3) is 0 Å². The Morgan fingerprint density at radius 3 is 2.92 bits per heavy atom. The average Bonchev–Trinajstić information content (AvgIpc) is 2.09. The Labute approximate surface area is 79.8 Å². The summed E-state index contributed by atoms with van der Waals surface area (Å²) < 4.78 is 0. The normalized spacial score (nSPS) is 18.3. The van der Waals surface area contributed by atoms with Gasteiger partial charge < -0.3 is 10.2 Å². The molecule has 1 aliphatic heterocycles. The molecule has 1 heterocycles. The van der Waals surface area contributed by atoms with Crippen molar-refractivity contribution >= 4 is 6.03 Å². The number of hydrogen-bond donors (Lipinski definition) is 1. The molecule has 74 valence electrons. The van der Waals surface area contributed by atoms with E-state index in [0.717, 1.165) is 26.1 Å². The summed E-state index contributed by atoms with van der Waals surface area (Å²) in [6, 6.07) is 0.0566. The van der Waals surface area contributed by atoms with E-state index in [1.807, 2.05) is 11.0 Å². The van der Waals surface area contributed by atoms with Gasteiger partial charge in [-0.2, -0.15) is 0 Å². The summed E-state index contributed by atoms with van der Waals surface area (Å²) in [5, 5.41) is 2.83. The molecule has 3 nitrogen and oxygen atoms in total. The Bertz CT molecular complexity index is 211. The predicted molar refractivity (Wildman–Crippen MR) is 53.6 cm³/mol. The third-order valence-electron chi connectivity index (χ3n) is 2.32. The number of rotatable bonds is 3. The van der Waals surface area contributed by atoms with Gasteiger partial charge >= 0.3 is 6.03 Å². The van der Waals surface area contributed by atoms with E-state index in [1.165, 1.54) is 0 Å². The maximum atomic E-state index is 11.4. The van der Waals surface area contributed by atoms with Gasteiger partial charge in [0.2, 0.25) is 0 Å². The lowest BCUT2D eigenvalue weighted by Crippen LogP contribution is -2.49. The Morgan fingerprint density at radius 1 is 1.69 bits per heavy atom. The zero-order chi connectivity index (χ0) is 9.90. The summed E-state index contributed by atoms with van der Waals surface area (Å²) in [5.41, 5.74) is 0.00861. The van der Waals surface area contributed by atoms with Crippen LogP contribution in [0.2, 0.25) is 0 Å². The lowest BCUT2D eigenvalue weighted by atomic mass is 9.93. The number of nitrogens with zero attached hydrogens (tertiary/aromatic N) is 1. The lowest BCUT2D eigenvalue weighted by molar-refractivity contribution is 0.168. The highest BCUT2D eigenvalue weighted by atomic mass is 16.2. The molecule has 0 aromatic carbocycles. The number of urea groups is 1. The third-order valence-corrected chi connectivity index (χ3v) is 2.32. The molecule has 2 amide bonds. The van der Waals surface area contributed by atoms with E-state index in [0.29, 0.717) is 0 Å². The van der Waals surface area contributed by atoms with Gasteiger partial charge in [0.1, 0.15) is 0 Å². The van der Waals surface area contributed by atoms with Crippen LogP contribution in [-0.4, -0.2) is 30.6 Å². The summed E-state index contributed by atoms with van der Waals surface area (Å²) in [6.45, 7) is 10.4. The minimum absolute atomic E-state index is 0.00861. The molecular formula is C10H18N2O. The molecule has 1 rings (SSSR count). The molecule has 0 saturated carbocycles. The lowest BCUT2D eigenvalue weighted by Gasteiger charge is -2.33. The minimum atomic E-state index is 0.00861. The van der Waals surface area contributed by atoms with Crippen LogP contribution < -0.4 is 5.32 Å². The van der Waals surface area contributed by atoms with Crippen molar-refractivity contribution in [1.82, 2.24) is 10.2 Å². The number of hydrogen-bond acceptors (Lipinski definition) is 1. The van der Waals surface area contributed by atoms with Crippen molar-refractivity contribution in [2.24, 2.45) is 5.41 Å². The smallest absolute Gasteiger partial charge is 0.317 e. The van der Waals surface area contributed by atoms with Crippen LogP contribution >= 0.6 is 0 Å². The molecule has 0 aliphatic carbocycles. The number of carbonyl (C=O) groups is 1. The molecule has 1 aliphatic rings. The van der Waals surface area contributed by atoms with Crippen LogP contribution in [0.1, 0.15) is 20.3 Å². The van der Waals surface area contributed by atoms with Crippen LogP contribution in [0.4, 0.5) is 4.79 Å². The zero-order valence-corrected chi connectivity index (χ0v) is 8.47. The van der Waals surface area contributed by atoms with Crippen LogP contribution in [0, 0.1) is 5.41 Å². The Morgan fingerprint density at radius 2 is 2.38 bits per heavy atom.